The largest absolute Gasteiger partial charge is 0.398 e. The minimum atomic E-state index is -0.0138. The molecule has 0 atom stereocenters. The first-order valence-electron chi connectivity index (χ1n) is 6.83. The van der Waals surface area contributed by atoms with Gasteiger partial charge < -0.3 is 11.1 Å². The van der Waals surface area contributed by atoms with E-state index >= 15 is 0 Å². The van der Waals surface area contributed by atoms with Crippen LogP contribution < -0.4 is 11.1 Å². The van der Waals surface area contributed by atoms with Gasteiger partial charge in [-0.05, 0) is 42.7 Å². The molecule has 0 amide bonds. The van der Waals surface area contributed by atoms with Gasteiger partial charge in [-0.3, -0.25) is 4.79 Å². The molecule has 0 aromatic heterocycles. The Kier molecular flexibility index (Phi) is 4.41. The van der Waals surface area contributed by atoms with Crippen LogP contribution in [0.25, 0.3) is 0 Å². The topological polar surface area (TPSA) is 55.1 Å². The van der Waals surface area contributed by atoms with Gasteiger partial charge in [-0.25, -0.2) is 0 Å². The van der Waals surface area contributed by atoms with Crippen LogP contribution in [-0.4, -0.2) is 5.78 Å². The highest BCUT2D eigenvalue weighted by Gasteiger charge is 2.06. The molecule has 0 unspecified atom stereocenters. The summed E-state index contributed by atoms with van der Waals surface area (Å²) < 4.78 is 0. The third-order valence-corrected chi connectivity index (χ3v) is 3.41. The van der Waals surface area contributed by atoms with Crippen molar-refractivity contribution in [3.8, 4) is 0 Å². The second-order valence-corrected chi connectivity index (χ2v) is 4.83. The lowest BCUT2D eigenvalue weighted by Crippen LogP contribution is -2.05. The molecule has 2 aromatic rings. The van der Waals surface area contributed by atoms with Crippen molar-refractivity contribution in [1.82, 2.24) is 0 Å². The van der Waals surface area contributed by atoms with Gasteiger partial charge in [0.25, 0.3) is 0 Å². The predicted molar refractivity (Wildman–Crippen MR) is 84.0 cm³/mol. The number of carbonyl (C=O) groups excluding carboxylic acids is 1. The monoisotopic (exact) mass is 268 g/mol. The molecule has 3 heteroatoms. The Labute approximate surface area is 119 Å². The minimum Gasteiger partial charge on any atom is -0.398 e. The van der Waals surface area contributed by atoms with E-state index in [1.54, 1.807) is 6.07 Å². The molecule has 0 spiro atoms. The van der Waals surface area contributed by atoms with E-state index in [1.807, 2.05) is 18.2 Å². The van der Waals surface area contributed by atoms with E-state index in [9.17, 15) is 4.79 Å². The van der Waals surface area contributed by atoms with E-state index in [1.165, 1.54) is 18.1 Å². The Morgan fingerprint density at radius 1 is 1.15 bits per heavy atom. The fourth-order valence-corrected chi connectivity index (χ4v) is 2.24. The number of ketones is 1. The third-order valence-electron chi connectivity index (χ3n) is 3.41. The van der Waals surface area contributed by atoms with Crippen LogP contribution in [0.1, 0.15) is 35.3 Å². The summed E-state index contributed by atoms with van der Waals surface area (Å²) in [6, 6.07) is 13.8. The highest BCUT2D eigenvalue weighted by Crippen LogP contribution is 2.19. The van der Waals surface area contributed by atoms with Crippen molar-refractivity contribution in [2.45, 2.75) is 26.8 Å². The van der Waals surface area contributed by atoms with Gasteiger partial charge in [-0.2, -0.15) is 0 Å². The maximum atomic E-state index is 11.5. The van der Waals surface area contributed by atoms with Crippen molar-refractivity contribution in [1.29, 1.82) is 0 Å². The summed E-state index contributed by atoms with van der Waals surface area (Å²) in [6.07, 6.45) is 1.01. The summed E-state index contributed by atoms with van der Waals surface area (Å²) >= 11 is 0. The first kappa shape index (κ1) is 14.1. The molecule has 0 aliphatic heterocycles. The Morgan fingerprint density at radius 2 is 1.85 bits per heavy atom. The molecule has 20 heavy (non-hydrogen) atoms. The minimum absolute atomic E-state index is 0.0138. The van der Waals surface area contributed by atoms with Crippen LogP contribution in [0.5, 0.6) is 0 Å². The van der Waals surface area contributed by atoms with Crippen LogP contribution in [-0.2, 0) is 13.0 Å². The SMILES string of the molecule is CCc1ccccc1CNc1ccc(N)c(C(C)=O)c1. The third kappa shape index (κ3) is 3.18. The summed E-state index contributed by atoms with van der Waals surface area (Å²) in [5.74, 6) is -0.0138. The van der Waals surface area contributed by atoms with Crippen LogP contribution in [0.4, 0.5) is 11.4 Å². The zero-order chi connectivity index (χ0) is 14.5. The van der Waals surface area contributed by atoms with Gasteiger partial charge in [0.05, 0.1) is 0 Å². The zero-order valence-electron chi connectivity index (χ0n) is 11.9. The Bertz CT molecular complexity index is 620. The molecule has 3 N–H and O–H groups in total. The average molecular weight is 268 g/mol. The fourth-order valence-electron chi connectivity index (χ4n) is 2.24. The van der Waals surface area contributed by atoms with Crippen molar-refractivity contribution < 1.29 is 4.79 Å². The number of nitrogen functional groups attached to an aromatic ring is 1. The molecule has 0 saturated carbocycles. The second-order valence-electron chi connectivity index (χ2n) is 4.83. The van der Waals surface area contributed by atoms with E-state index in [2.05, 4.69) is 30.4 Å². The number of benzene rings is 2. The summed E-state index contributed by atoms with van der Waals surface area (Å²) in [6.45, 7) is 4.42. The smallest absolute Gasteiger partial charge is 0.161 e. The molecule has 0 fully saturated rings. The van der Waals surface area contributed by atoms with Crippen LogP contribution in [0.2, 0.25) is 0 Å². The number of aryl methyl sites for hydroxylation is 1. The number of Topliss-reactive ketones (excluding diaryl/α,β-unsaturated/α-hetero) is 1. The van der Waals surface area contributed by atoms with Crippen molar-refractivity contribution in [3.63, 3.8) is 0 Å². The maximum Gasteiger partial charge on any atom is 0.161 e. The average Bonchev–Trinajstić information content (AvgIpc) is 2.46. The number of hydrogen-bond acceptors (Lipinski definition) is 3. The molecule has 0 aliphatic rings. The first-order chi connectivity index (χ1) is 9.61. The number of nitrogens with two attached hydrogens (primary N) is 1. The Hall–Kier alpha value is -2.29. The Balaban J connectivity index is 2.15. The summed E-state index contributed by atoms with van der Waals surface area (Å²) in [5, 5.41) is 3.35. The highest BCUT2D eigenvalue weighted by atomic mass is 16.1. The molecule has 2 rings (SSSR count). The van der Waals surface area contributed by atoms with E-state index in [4.69, 9.17) is 5.73 Å². The molecule has 0 radical (unpaired) electrons. The van der Waals surface area contributed by atoms with Gasteiger partial charge in [0.2, 0.25) is 0 Å². The molecule has 0 bridgehead atoms. The second kappa shape index (κ2) is 6.24. The summed E-state index contributed by atoms with van der Waals surface area (Å²) in [5.41, 5.74) is 10.4. The first-order valence-corrected chi connectivity index (χ1v) is 6.83. The van der Waals surface area contributed by atoms with Crippen molar-refractivity contribution in [2.75, 3.05) is 11.1 Å². The zero-order valence-corrected chi connectivity index (χ0v) is 11.9. The van der Waals surface area contributed by atoms with E-state index < -0.39 is 0 Å². The molecule has 3 nitrogen and oxygen atoms in total. The lowest BCUT2D eigenvalue weighted by molar-refractivity contribution is 0.101. The van der Waals surface area contributed by atoms with Crippen molar-refractivity contribution >= 4 is 17.2 Å². The number of hydrogen-bond donors (Lipinski definition) is 2. The molecule has 0 heterocycles. The molecule has 104 valence electrons. The summed E-state index contributed by atoms with van der Waals surface area (Å²) in [7, 11) is 0. The number of anilines is 2. The lowest BCUT2D eigenvalue weighted by Gasteiger charge is -2.12. The summed E-state index contributed by atoms with van der Waals surface area (Å²) in [4.78, 5) is 11.5. The number of nitrogens with one attached hydrogen (secondary N) is 1. The van der Waals surface area contributed by atoms with Crippen LogP contribution in [0.3, 0.4) is 0 Å². The number of carbonyl (C=O) groups is 1. The fraction of sp³-hybridized carbons (Fsp3) is 0.235. The molecule has 0 saturated heterocycles. The van der Waals surface area contributed by atoms with Crippen molar-refractivity contribution in [2.24, 2.45) is 0 Å². The highest BCUT2D eigenvalue weighted by molar-refractivity contribution is 6.00. The van der Waals surface area contributed by atoms with Gasteiger partial charge >= 0.3 is 0 Å². The Morgan fingerprint density at radius 3 is 2.50 bits per heavy atom. The molecular formula is C17H20N2O. The normalized spacial score (nSPS) is 10.3. The molecular weight excluding hydrogens is 248 g/mol. The molecule has 0 aliphatic carbocycles. The van der Waals surface area contributed by atoms with Crippen molar-refractivity contribution in [3.05, 3.63) is 59.2 Å². The standard InChI is InChI=1S/C17H20N2O/c1-3-13-6-4-5-7-14(13)11-19-15-8-9-17(18)16(10-15)12(2)20/h4-10,19H,3,11,18H2,1-2H3. The van der Waals surface area contributed by atoms with Gasteiger partial charge in [0, 0.05) is 23.5 Å². The quantitative estimate of drug-likeness (QED) is 0.643. The van der Waals surface area contributed by atoms with Gasteiger partial charge in [0.15, 0.2) is 5.78 Å². The van der Waals surface area contributed by atoms with E-state index in [0.29, 0.717) is 11.3 Å². The van der Waals surface area contributed by atoms with E-state index in [-0.39, 0.29) is 5.78 Å². The number of rotatable bonds is 5. The van der Waals surface area contributed by atoms with Gasteiger partial charge in [-0.1, -0.05) is 31.2 Å². The van der Waals surface area contributed by atoms with Gasteiger partial charge in [0.1, 0.15) is 0 Å². The van der Waals surface area contributed by atoms with Crippen LogP contribution in [0.15, 0.2) is 42.5 Å². The van der Waals surface area contributed by atoms with Gasteiger partial charge in [-0.15, -0.1) is 0 Å². The van der Waals surface area contributed by atoms with E-state index in [0.717, 1.165) is 18.7 Å². The predicted octanol–water partition coefficient (Wildman–Crippen LogP) is 3.65. The molecule has 2 aromatic carbocycles. The maximum absolute atomic E-state index is 11.5. The lowest BCUT2D eigenvalue weighted by atomic mass is 10.0. The van der Waals surface area contributed by atoms with Crippen LogP contribution in [0, 0.1) is 0 Å². The van der Waals surface area contributed by atoms with Crippen LogP contribution >= 0.6 is 0 Å².